The third kappa shape index (κ3) is 3.71. The fourth-order valence-electron chi connectivity index (χ4n) is 2.75. The summed E-state index contributed by atoms with van der Waals surface area (Å²) in [6, 6.07) is 5.92. The molecule has 1 fully saturated rings. The molecule has 0 aromatic carbocycles. The van der Waals surface area contributed by atoms with Gasteiger partial charge in [-0.2, -0.15) is 0 Å². The Morgan fingerprint density at radius 2 is 2.30 bits per heavy atom. The lowest BCUT2D eigenvalue weighted by Crippen LogP contribution is -2.29. The second-order valence-electron chi connectivity index (χ2n) is 5.90. The molecule has 0 aliphatic carbocycles. The van der Waals surface area contributed by atoms with Crippen molar-refractivity contribution in [2.75, 3.05) is 18.4 Å². The highest BCUT2D eigenvalue weighted by atomic mass is 16.2. The van der Waals surface area contributed by atoms with Crippen molar-refractivity contribution in [2.24, 2.45) is 5.92 Å². The van der Waals surface area contributed by atoms with Crippen LogP contribution >= 0.6 is 0 Å². The van der Waals surface area contributed by atoms with E-state index in [1.807, 2.05) is 17.0 Å². The number of anilines is 1. The molecule has 0 saturated carbocycles. The van der Waals surface area contributed by atoms with Crippen LogP contribution in [0.15, 0.2) is 18.2 Å². The Morgan fingerprint density at radius 3 is 3.00 bits per heavy atom. The van der Waals surface area contributed by atoms with Gasteiger partial charge in [0.05, 0.1) is 0 Å². The Labute approximate surface area is 121 Å². The van der Waals surface area contributed by atoms with E-state index in [0.717, 1.165) is 25.3 Å². The molecule has 1 amide bonds. The topological polar surface area (TPSA) is 45.2 Å². The molecule has 0 radical (unpaired) electrons. The molecule has 1 aliphatic heterocycles. The zero-order valence-electron chi connectivity index (χ0n) is 12.7. The number of pyridine rings is 1. The van der Waals surface area contributed by atoms with Gasteiger partial charge in [-0.1, -0.05) is 19.4 Å². The van der Waals surface area contributed by atoms with Crippen LogP contribution in [0, 0.1) is 5.92 Å². The predicted molar refractivity (Wildman–Crippen MR) is 81.9 cm³/mol. The smallest absolute Gasteiger partial charge is 0.272 e. The van der Waals surface area contributed by atoms with Crippen molar-refractivity contribution in [3.63, 3.8) is 0 Å². The van der Waals surface area contributed by atoms with Gasteiger partial charge in [-0.3, -0.25) is 4.79 Å². The number of nitrogens with zero attached hydrogens (tertiary/aromatic N) is 2. The van der Waals surface area contributed by atoms with Crippen molar-refractivity contribution in [1.29, 1.82) is 0 Å². The van der Waals surface area contributed by atoms with Crippen LogP contribution in [-0.4, -0.2) is 34.9 Å². The maximum atomic E-state index is 12.5. The normalized spacial score (nSPS) is 18.6. The van der Waals surface area contributed by atoms with Gasteiger partial charge >= 0.3 is 0 Å². The molecule has 1 aromatic rings. The summed E-state index contributed by atoms with van der Waals surface area (Å²) in [6.07, 6.45) is 3.54. The minimum atomic E-state index is 0.0657. The van der Waals surface area contributed by atoms with E-state index in [0.29, 0.717) is 17.7 Å². The first-order chi connectivity index (χ1) is 9.60. The molecule has 1 aliphatic rings. The maximum absolute atomic E-state index is 12.5. The SMILES string of the molecule is CCCC1CCN(C(=O)c2cccc(NC(C)C)n2)C1. The average molecular weight is 275 g/mol. The molecule has 2 rings (SSSR count). The number of nitrogens with one attached hydrogen (secondary N) is 1. The van der Waals surface area contributed by atoms with Gasteiger partial charge in [-0.05, 0) is 44.7 Å². The van der Waals surface area contributed by atoms with E-state index in [9.17, 15) is 4.79 Å². The lowest BCUT2D eigenvalue weighted by atomic mass is 10.0. The highest BCUT2D eigenvalue weighted by Gasteiger charge is 2.27. The highest BCUT2D eigenvalue weighted by molar-refractivity contribution is 5.92. The van der Waals surface area contributed by atoms with Gasteiger partial charge in [-0.25, -0.2) is 4.98 Å². The summed E-state index contributed by atoms with van der Waals surface area (Å²) in [5.41, 5.74) is 0.549. The largest absolute Gasteiger partial charge is 0.368 e. The number of hydrogen-bond acceptors (Lipinski definition) is 3. The van der Waals surface area contributed by atoms with Crippen molar-refractivity contribution in [3.8, 4) is 0 Å². The van der Waals surface area contributed by atoms with Crippen molar-refractivity contribution < 1.29 is 4.79 Å². The van der Waals surface area contributed by atoms with Gasteiger partial charge in [0.2, 0.25) is 0 Å². The van der Waals surface area contributed by atoms with E-state index < -0.39 is 0 Å². The third-order valence-corrected chi connectivity index (χ3v) is 3.67. The highest BCUT2D eigenvalue weighted by Crippen LogP contribution is 2.22. The second kappa shape index (κ2) is 6.73. The summed E-state index contributed by atoms with van der Waals surface area (Å²) in [4.78, 5) is 18.8. The van der Waals surface area contributed by atoms with Gasteiger partial charge in [0.15, 0.2) is 0 Å². The number of likely N-dealkylation sites (tertiary alicyclic amines) is 1. The molecular formula is C16H25N3O. The van der Waals surface area contributed by atoms with E-state index in [1.165, 1.54) is 12.8 Å². The summed E-state index contributed by atoms with van der Waals surface area (Å²) >= 11 is 0. The zero-order chi connectivity index (χ0) is 14.5. The number of rotatable bonds is 5. The summed E-state index contributed by atoms with van der Waals surface area (Å²) in [5, 5.41) is 3.24. The molecule has 1 N–H and O–H groups in total. The Kier molecular flexibility index (Phi) is 4.99. The van der Waals surface area contributed by atoms with Gasteiger partial charge in [0.25, 0.3) is 5.91 Å². The second-order valence-corrected chi connectivity index (χ2v) is 5.90. The molecule has 110 valence electrons. The Bertz CT molecular complexity index is 459. The maximum Gasteiger partial charge on any atom is 0.272 e. The number of carbonyl (C=O) groups is 1. The van der Waals surface area contributed by atoms with Gasteiger partial charge in [-0.15, -0.1) is 0 Å². The first-order valence-electron chi connectivity index (χ1n) is 7.63. The van der Waals surface area contributed by atoms with Crippen LogP contribution < -0.4 is 5.32 Å². The number of carbonyl (C=O) groups excluding carboxylic acids is 1. The van der Waals surface area contributed by atoms with Crippen LogP contribution in [0.4, 0.5) is 5.82 Å². The third-order valence-electron chi connectivity index (χ3n) is 3.67. The number of hydrogen-bond donors (Lipinski definition) is 1. The first-order valence-corrected chi connectivity index (χ1v) is 7.63. The van der Waals surface area contributed by atoms with Gasteiger partial charge < -0.3 is 10.2 Å². The van der Waals surface area contributed by atoms with E-state index in [2.05, 4.69) is 31.1 Å². The number of aromatic nitrogens is 1. The first kappa shape index (κ1) is 14.8. The van der Waals surface area contributed by atoms with Crippen molar-refractivity contribution in [1.82, 2.24) is 9.88 Å². The molecule has 1 aromatic heterocycles. The monoisotopic (exact) mass is 275 g/mol. The summed E-state index contributed by atoms with van der Waals surface area (Å²) in [5.74, 6) is 1.51. The predicted octanol–water partition coefficient (Wildman–Crippen LogP) is 3.16. The van der Waals surface area contributed by atoms with Crippen molar-refractivity contribution in [3.05, 3.63) is 23.9 Å². The number of amides is 1. The Balaban J connectivity index is 2.02. The van der Waals surface area contributed by atoms with Crippen molar-refractivity contribution in [2.45, 2.75) is 46.1 Å². The van der Waals surface area contributed by atoms with Crippen LogP contribution in [0.3, 0.4) is 0 Å². The quantitative estimate of drug-likeness (QED) is 0.897. The van der Waals surface area contributed by atoms with Crippen LogP contribution in [0.2, 0.25) is 0 Å². The van der Waals surface area contributed by atoms with Crippen molar-refractivity contribution >= 4 is 11.7 Å². The summed E-state index contributed by atoms with van der Waals surface area (Å²) in [6.45, 7) is 8.08. The molecule has 4 nitrogen and oxygen atoms in total. The molecule has 0 bridgehead atoms. The molecule has 1 unspecified atom stereocenters. The summed E-state index contributed by atoms with van der Waals surface area (Å²) < 4.78 is 0. The molecule has 0 spiro atoms. The lowest BCUT2D eigenvalue weighted by molar-refractivity contribution is 0.0781. The van der Waals surface area contributed by atoms with Crippen LogP contribution in [0.5, 0.6) is 0 Å². The van der Waals surface area contributed by atoms with E-state index in [1.54, 1.807) is 6.07 Å². The van der Waals surface area contributed by atoms with E-state index in [4.69, 9.17) is 0 Å². The molecule has 1 atom stereocenters. The molecule has 4 heteroatoms. The minimum absolute atomic E-state index is 0.0657. The molecular weight excluding hydrogens is 250 g/mol. The molecule has 1 saturated heterocycles. The van der Waals surface area contributed by atoms with E-state index >= 15 is 0 Å². The van der Waals surface area contributed by atoms with Crippen LogP contribution in [-0.2, 0) is 0 Å². The Hall–Kier alpha value is -1.58. The summed E-state index contributed by atoms with van der Waals surface area (Å²) in [7, 11) is 0. The van der Waals surface area contributed by atoms with Crippen LogP contribution in [0.25, 0.3) is 0 Å². The molecule has 2 heterocycles. The van der Waals surface area contributed by atoms with Crippen LogP contribution in [0.1, 0.15) is 50.5 Å². The molecule has 20 heavy (non-hydrogen) atoms. The zero-order valence-corrected chi connectivity index (χ0v) is 12.7. The Morgan fingerprint density at radius 1 is 1.50 bits per heavy atom. The fraction of sp³-hybridized carbons (Fsp3) is 0.625. The lowest BCUT2D eigenvalue weighted by Gasteiger charge is -2.17. The van der Waals surface area contributed by atoms with Gasteiger partial charge in [0, 0.05) is 19.1 Å². The minimum Gasteiger partial charge on any atom is -0.368 e. The standard InChI is InChI=1S/C16H25N3O/c1-4-6-13-9-10-19(11-13)16(20)14-7-5-8-15(18-14)17-12(2)3/h5,7-8,12-13H,4,6,9-11H2,1-3H3,(H,17,18). The fourth-order valence-corrected chi connectivity index (χ4v) is 2.75. The van der Waals surface area contributed by atoms with Gasteiger partial charge in [0.1, 0.15) is 11.5 Å². The van der Waals surface area contributed by atoms with E-state index in [-0.39, 0.29) is 5.91 Å². The average Bonchev–Trinajstić information content (AvgIpc) is 2.86.